The molecular formula is C16H23N5O4. The summed E-state index contributed by atoms with van der Waals surface area (Å²) in [5, 5.41) is 33.6. The number of imidazole rings is 1. The molecule has 0 radical (unpaired) electrons. The smallest absolute Gasteiger partial charge is 0.168 e. The highest BCUT2D eigenvalue weighted by Crippen LogP contribution is 2.39. The second-order valence-electron chi connectivity index (χ2n) is 7.05. The van der Waals surface area contributed by atoms with Gasteiger partial charge in [0.2, 0.25) is 0 Å². The van der Waals surface area contributed by atoms with E-state index in [1.165, 1.54) is 32.4 Å². The van der Waals surface area contributed by atoms with Gasteiger partial charge in [0.15, 0.2) is 23.2 Å². The molecular weight excluding hydrogens is 326 g/mol. The van der Waals surface area contributed by atoms with Gasteiger partial charge in [0, 0.05) is 6.04 Å². The topological polar surface area (TPSA) is 126 Å². The summed E-state index contributed by atoms with van der Waals surface area (Å²) >= 11 is 0. The average molecular weight is 349 g/mol. The molecule has 0 amide bonds. The highest BCUT2D eigenvalue weighted by atomic mass is 16.6. The van der Waals surface area contributed by atoms with Gasteiger partial charge in [0.25, 0.3) is 0 Å². The van der Waals surface area contributed by atoms with Crippen LogP contribution < -0.4 is 5.32 Å². The molecule has 0 bridgehead atoms. The Hall–Kier alpha value is -1.81. The maximum Gasteiger partial charge on any atom is 0.168 e. The Labute approximate surface area is 144 Å². The first-order valence-corrected chi connectivity index (χ1v) is 8.63. The average Bonchev–Trinajstić information content (AvgIpc) is 3.29. The van der Waals surface area contributed by atoms with Crippen LogP contribution >= 0.6 is 0 Å². The lowest BCUT2D eigenvalue weighted by Crippen LogP contribution is -2.44. The fraction of sp³-hybridized carbons (Fsp3) is 0.688. The van der Waals surface area contributed by atoms with Crippen molar-refractivity contribution >= 4 is 17.0 Å². The predicted octanol–water partition coefficient (Wildman–Crippen LogP) is 0.182. The summed E-state index contributed by atoms with van der Waals surface area (Å²) in [6.45, 7) is 1.09. The molecule has 0 aromatic carbocycles. The van der Waals surface area contributed by atoms with Crippen molar-refractivity contribution in [3.05, 3.63) is 12.7 Å². The zero-order valence-electron chi connectivity index (χ0n) is 14.0. The second-order valence-corrected chi connectivity index (χ2v) is 7.05. The maximum atomic E-state index is 10.7. The fourth-order valence-corrected chi connectivity index (χ4v) is 3.78. The summed E-state index contributed by atoms with van der Waals surface area (Å²) in [5.74, 6) is 0.660. The molecule has 1 aliphatic carbocycles. The molecule has 1 saturated heterocycles. The SMILES string of the molecule is C[C@]1(O)C(n2cnc3c(NC4CCCC4)ncnc32)O[C@H](CO)[C@H]1O. The largest absolute Gasteiger partial charge is 0.394 e. The van der Waals surface area contributed by atoms with Gasteiger partial charge in [-0.1, -0.05) is 12.8 Å². The number of aliphatic hydroxyl groups excluding tert-OH is 2. The molecule has 3 heterocycles. The summed E-state index contributed by atoms with van der Waals surface area (Å²) in [7, 11) is 0. The number of hydrogen-bond donors (Lipinski definition) is 4. The molecule has 2 aliphatic rings. The van der Waals surface area contributed by atoms with E-state index in [4.69, 9.17) is 4.74 Å². The minimum atomic E-state index is -1.58. The normalized spacial score (nSPS) is 33.4. The summed E-state index contributed by atoms with van der Waals surface area (Å²) in [6.07, 6.45) is 4.62. The monoisotopic (exact) mass is 349 g/mol. The first kappa shape index (κ1) is 16.6. The quantitative estimate of drug-likeness (QED) is 0.616. The minimum Gasteiger partial charge on any atom is -0.394 e. The zero-order chi connectivity index (χ0) is 17.6. The number of aromatic nitrogens is 4. The van der Waals surface area contributed by atoms with Crippen LogP contribution in [0.1, 0.15) is 38.8 Å². The minimum absolute atomic E-state index is 0.384. The molecule has 9 heteroatoms. The van der Waals surface area contributed by atoms with Gasteiger partial charge < -0.3 is 25.4 Å². The van der Waals surface area contributed by atoms with Crippen LogP contribution in [0.2, 0.25) is 0 Å². The third kappa shape index (κ3) is 2.67. The van der Waals surface area contributed by atoms with Crippen LogP contribution in [0.5, 0.6) is 0 Å². The molecule has 4 atom stereocenters. The highest BCUT2D eigenvalue weighted by molar-refractivity contribution is 5.82. The summed E-state index contributed by atoms with van der Waals surface area (Å²) in [5.41, 5.74) is -0.479. The van der Waals surface area contributed by atoms with Crippen molar-refractivity contribution in [2.24, 2.45) is 0 Å². The third-order valence-electron chi connectivity index (χ3n) is 5.24. The van der Waals surface area contributed by atoms with Gasteiger partial charge in [-0.15, -0.1) is 0 Å². The van der Waals surface area contributed by atoms with E-state index in [0.29, 0.717) is 23.0 Å². The van der Waals surface area contributed by atoms with Gasteiger partial charge in [-0.05, 0) is 19.8 Å². The Morgan fingerprint density at radius 1 is 1.32 bits per heavy atom. The summed E-state index contributed by atoms with van der Waals surface area (Å²) < 4.78 is 7.24. The molecule has 2 fully saturated rings. The van der Waals surface area contributed by atoms with Crippen LogP contribution in [0.15, 0.2) is 12.7 Å². The Morgan fingerprint density at radius 2 is 2.08 bits per heavy atom. The molecule has 25 heavy (non-hydrogen) atoms. The van der Waals surface area contributed by atoms with Crippen LogP contribution in [0.25, 0.3) is 11.2 Å². The molecule has 1 aliphatic heterocycles. The van der Waals surface area contributed by atoms with Crippen LogP contribution in [0.3, 0.4) is 0 Å². The molecule has 4 N–H and O–H groups in total. The van der Waals surface area contributed by atoms with Crippen LogP contribution in [-0.4, -0.2) is 65.3 Å². The van der Waals surface area contributed by atoms with Gasteiger partial charge in [0.1, 0.15) is 24.1 Å². The Morgan fingerprint density at radius 3 is 2.76 bits per heavy atom. The molecule has 1 unspecified atom stereocenters. The molecule has 136 valence electrons. The van der Waals surface area contributed by atoms with E-state index < -0.39 is 24.0 Å². The lowest BCUT2D eigenvalue weighted by Gasteiger charge is -2.27. The van der Waals surface area contributed by atoms with Gasteiger partial charge >= 0.3 is 0 Å². The van der Waals surface area contributed by atoms with E-state index in [0.717, 1.165) is 12.8 Å². The van der Waals surface area contributed by atoms with Gasteiger partial charge in [-0.25, -0.2) is 15.0 Å². The van der Waals surface area contributed by atoms with E-state index in [2.05, 4.69) is 20.3 Å². The number of fused-ring (bicyclic) bond motifs is 1. The van der Waals surface area contributed by atoms with Gasteiger partial charge in [0.05, 0.1) is 12.9 Å². The van der Waals surface area contributed by atoms with Crippen molar-refractivity contribution in [3.8, 4) is 0 Å². The second kappa shape index (κ2) is 6.17. The lowest BCUT2D eigenvalue weighted by atomic mass is 9.96. The number of aliphatic hydroxyl groups is 3. The van der Waals surface area contributed by atoms with Crippen molar-refractivity contribution < 1.29 is 20.1 Å². The first-order chi connectivity index (χ1) is 12.0. The Kier molecular flexibility index (Phi) is 4.11. The molecule has 1 saturated carbocycles. The number of nitrogens with zero attached hydrogens (tertiary/aromatic N) is 4. The molecule has 2 aromatic rings. The van der Waals surface area contributed by atoms with Crippen molar-refractivity contribution in [1.29, 1.82) is 0 Å². The van der Waals surface area contributed by atoms with Crippen molar-refractivity contribution in [2.45, 2.75) is 62.7 Å². The number of ether oxygens (including phenoxy) is 1. The molecule has 4 rings (SSSR count). The number of anilines is 1. The number of hydrogen-bond acceptors (Lipinski definition) is 8. The van der Waals surface area contributed by atoms with E-state index >= 15 is 0 Å². The van der Waals surface area contributed by atoms with Crippen LogP contribution in [0.4, 0.5) is 5.82 Å². The van der Waals surface area contributed by atoms with Crippen molar-refractivity contribution in [3.63, 3.8) is 0 Å². The maximum absolute atomic E-state index is 10.7. The zero-order valence-corrected chi connectivity index (χ0v) is 14.0. The Balaban J connectivity index is 1.69. The predicted molar refractivity (Wildman–Crippen MR) is 88.8 cm³/mol. The summed E-state index contributed by atoms with van der Waals surface area (Å²) in [4.78, 5) is 13.0. The van der Waals surface area contributed by atoms with Gasteiger partial charge in [-0.3, -0.25) is 4.57 Å². The van der Waals surface area contributed by atoms with E-state index in [-0.39, 0.29) is 6.61 Å². The standard InChI is InChI=1S/C16H23N5O4/c1-16(24)12(23)10(6-22)25-15(16)21-8-19-11-13(17-7-18-14(11)21)20-9-4-2-3-5-9/h7-10,12,15,22-24H,2-6H2,1H3,(H,17,18,20)/t10-,12-,15?,16-/m1/s1. The summed E-state index contributed by atoms with van der Waals surface area (Å²) in [6, 6.07) is 0.384. The van der Waals surface area contributed by atoms with E-state index in [1.807, 2.05) is 0 Å². The molecule has 0 spiro atoms. The molecule has 2 aromatic heterocycles. The van der Waals surface area contributed by atoms with Crippen molar-refractivity contribution in [1.82, 2.24) is 19.5 Å². The van der Waals surface area contributed by atoms with E-state index in [9.17, 15) is 15.3 Å². The molecule has 9 nitrogen and oxygen atoms in total. The van der Waals surface area contributed by atoms with Crippen LogP contribution in [0, 0.1) is 0 Å². The number of nitrogens with one attached hydrogen (secondary N) is 1. The van der Waals surface area contributed by atoms with Crippen molar-refractivity contribution in [2.75, 3.05) is 11.9 Å². The van der Waals surface area contributed by atoms with E-state index in [1.54, 1.807) is 4.57 Å². The highest BCUT2D eigenvalue weighted by Gasteiger charge is 2.53. The fourth-order valence-electron chi connectivity index (χ4n) is 3.78. The Bertz CT molecular complexity index is 758. The number of rotatable bonds is 4. The van der Waals surface area contributed by atoms with Gasteiger partial charge in [-0.2, -0.15) is 0 Å². The first-order valence-electron chi connectivity index (χ1n) is 8.63. The lowest BCUT2D eigenvalue weighted by molar-refractivity contribution is -0.0950. The van der Waals surface area contributed by atoms with Crippen LogP contribution in [-0.2, 0) is 4.74 Å². The third-order valence-corrected chi connectivity index (χ3v) is 5.24.